The average Bonchev–Trinajstić information content (AvgIpc) is 3.13. The van der Waals surface area contributed by atoms with Crippen molar-refractivity contribution in [2.45, 2.75) is 6.42 Å². The van der Waals surface area contributed by atoms with Gasteiger partial charge in [-0.3, -0.25) is 0 Å². The van der Waals surface area contributed by atoms with Crippen LogP contribution in [-0.4, -0.2) is 36.4 Å². The summed E-state index contributed by atoms with van der Waals surface area (Å²) in [7, 11) is 0. The maximum Gasteiger partial charge on any atom is 0.208 e. The van der Waals surface area contributed by atoms with E-state index in [-0.39, 0.29) is 5.82 Å². The Hall–Kier alpha value is -2.47. The van der Waals surface area contributed by atoms with Crippen LogP contribution in [0.5, 0.6) is 0 Å². The van der Waals surface area contributed by atoms with Crippen LogP contribution in [0.2, 0.25) is 0 Å². The maximum absolute atomic E-state index is 13.0. The first-order chi connectivity index (χ1) is 12.3. The summed E-state index contributed by atoms with van der Waals surface area (Å²) < 4.78 is 13.0. The average molecular weight is 354 g/mol. The Balaban J connectivity index is 1.37. The molecule has 3 aromatic rings. The van der Waals surface area contributed by atoms with E-state index in [4.69, 9.17) is 0 Å². The highest BCUT2D eigenvalue weighted by Crippen LogP contribution is 2.25. The van der Waals surface area contributed by atoms with Crippen LogP contribution >= 0.6 is 11.3 Å². The van der Waals surface area contributed by atoms with Gasteiger partial charge in [-0.25, -0.2) is 4.39 Å². The highest BCUT2D eigenvalue weighted by molar-refractivity contribution is 7.15. The fraction of sp³-hybridized carbons (Fsp3) is 0.263. The van der Waals surface area contributed by atoms with E-state index < -0.39 is 0 Å². The summed E-state index contributed by atoms with van der Waals surface area (Å²) in [5.74, 6) is -0.210. The molecule has 6 heteroatoms. The van der Waals surface area contributed by atoms with Crippen LogP contribution in [0.3, 0.4) is 0 Å². The number of para-hydroxylation sites is 1. The topological polar surface area (TPSA) is 32.3 Å². The van der Waals surface area contributed by atoms with Crippen molar-refractivity contribution in [3.63, 3.8) is 0 Å². The number of nitrogens with zero attached hydrogens (tertiary/aromatic N) is 4. The Labute approximate surface area is 150 Å². The van der Waals surface area contributed by atoms with Gasteiger partial charge in [-0.2, -0.15) is 0 Å². The number of halogens is 1. The fourth-order valence-electron chi connectivity index (χ4n) is 3.02. The molecule has 0 amide bonds. The van der Waals surface area contributed by atoms with Crippen LogP contribution < -0.4 is 9.80 Å². The van der Waals surface area contributed by atoms with E-state index in [1.807, 2.05) is 6.07 Å². The molecule has 0 radical (unpaired) electrons. The molecule has 2 heterocycles. The number of aromatic nitrogens is 2. The molecule has 0 N–H and O–H groups in total. The molecule has 4 rings (SSSR count). The minimum absolute atomic E-state index is 0.210. The van der Waals surface area contributed by atoms with Crippen LogP contribution in [0.15, 0.2) is 54.6 Å². The minimum Gasteiger partial charge on any atom is -0.368 e. The third-order valence-electron chi connectivity index (χ3n) is 4.40. The van der Waals surface area contributed by atoms with Gasteiger partial charge in [0.1, 0.15) is 10.8 Å². The molecule has 1 fully saturated rings. The van der Waals surface area contributed by atoms with Crippen LogP contribution in [0, 0.1) is 5.82 Å². The quantitative estimate of drug-likeness (QED) is 0.717. The monoisotopic (exact) mass is 354 g/mol. The zero-order valence-corrected chi connectivity index (χ0v) is 14.6. The summed E-state index contributed by atoms with van der Waals surface area (Å²) in [6, 6.07) is 17.1. The standard InChI is InChI=1S/C19H19FN4S/c20-16-8-6-15(7-9-16)14-18-21-22-19(25-18)24-12-10-23(11-13-24)17-4-2-1-3-5-17/h1-9H,10-14H2. The van der Waals surface area contributed by atoms with Crippen molar-refractivity contribution in [1.29, 1.82) is 0 Å². The molecule has 4 nitrogen and oxygen atoms in total. The van der Waals surface area contributed by atoms with Crippen molar-refractivity contribution in [3.05, 3.63) is 71.0 Å². The Morgan fingerprint density at radius 2 is 1.52 bits per heavy atom. The van der Waals surface area contributed by atoms with E-state index in [9.17, 15) is 4.39 Å². The maximum atomic E-state index is 13.0. The number of benzene rings is 2. The molecular weight excluding hydrogens is 335 g/mol. The molecule has 0 unspecified atom stereocenters. The van der Waals surface area contributed by atoms with Crippen LogP contribution in [0.25, 0.3) is 0 Å². The van der Waals surface area contributed by atoms with Crippen LogP contribution in [0.1, 0.15) is 10.6 Å². The van der Waals surface area contributed by atoms with E-state index in [1.54, 1.807) is 23.5 Å². The van der Waals surface area contributed by atoms with Crippen LogP contribution in [0.4, 0.5) is 15.2 Å². The van der Waals surface area contributed by atoms with Crippen molar-refractivity contribution in [1.82, 2.24) is 10.2 Å². The first-order valence-electron chi connectivity index (χ1n) is 8.40. The van der Waals surface area contributed by atoms with Crippen LogP contribution in [-0.2, 0) is 6.42 Å². The van der Waals surface area contributed by atoms with Gasteiger partial charge in [0.25, 0.3) is 0 Å². The number of hydrogen-bond donors (Lipinski definition) is 0. The summed E-state index contributed by atoms with van der Waals surface area (Å²) in [4.78, 5) is 4.70. The number of piperazine rings is 1. The van der Waals surface area contributed by atoms with Crippen molar-refractivity contribution in [3.8, 4) is 0 Å². The molecule has 1 aliphatic heterocycles. The van der Waals surface area contributed by atoms with Gasteiger partial charge in [-0.1, -0.05) is 41.7 Å². The molecule has 1 aliphatic rings. The van der Waals surface area contributed by atoms with Gasteiger partial charge in [0.15, 0.2) is 0 Å². The smallest absolute Gasteiger partial charge is 0.208 e. The lowest BCUT2D eigenvalue weighted by atomic mass is 10.2. The lowest BCUT2D eigenvalue weighted by Crippen LogP contribution is -2.46. The number of anilines is 2. The Kier molecular flexibility index (Phi) is 4.61. The lowest BCUT2D eigenvalue weighted by molar-refractivity contribution is 0.627. The minimum atomic E-state index is -0.210. The largest absolute Gasteiger partial charge is 0.368 e. The molecule has 1 saturated heterocycles. The summed E-state index contributed by atoms with van der Waals surface area (Å²) in [6.07, 6.45) is 0.696. The van der Waals surface area contributed by atoms with Crippen molar-refractivity contribution < 1.29 is 4.39 Å². The Morgan fingerprint density at radius 3 is 2.24 bits per heavy atom. The second kappa shape index (κ2) is 7.19. The SMILES string of the molecule is Fc1ccc(Cc2nnc(N3CCN(c4ccccc4)CC3)s2)cc1. The Bertz CT molecular complexity index is 811. The zero-order chi connectivity index (χ0) is 17.1. The first-order valence-corrected chi connectivity index (χ1v) is 9.21. The fourth-order valence-corrected chi connectivity index (χ4v) is 3.94. The van der Waals surface area contributed by atoms with E-state index >= 15 is 0 Å². The molecule has 0 spiro atoms. The van der Waals surface area contributed by atoms with Crippen molar-refractivity contribution in [2.75, 3.05) is 36.0 Å². The van der Waals surface area contributed by atoms with Gasteiger partial charge >= 0.3 is 0 Å². The summed E-state index contributed by atoms with van der Waals surface area (Å²) in [6.45, 7) is 3.86. The summed E-state index contributed by atoms with van der Waals surface area (Å²) in [5, 5.41) is 10.6. The molecule has 128 valence electrons. The van der Waals surface area contributed by atoms with Gasteiger partial charge in [0.05, 0.1) is 0 Å². The predicted octanol–water partition coefficient (Wildman–Crippen LogP) is 3.59. The molecule has 0 atom stereocenters. The van der Waals surface area contributed by atoms with E-state index in [2.05, 4.69) is 44.3 Å². The van der Waals surface area contributed by atoms with E-state index in [0.717, 1.165) is 41.9 Å². The number of rotatable bonds is 4. The molecule has 2 aromatic carbocycles. The van der Waals surface area contributed by atoms with E-state index in [0.29, 0.717) is 6.42 Å². The molecule has 0 bridgehead atoms. The lowest BCUT2D eigenvalue weighted by Gasteiger charge is -2.35. The zero-order valence-electron chi connectivity index (χ0n) is 13.8. The third-order valence-corrected chi connectivity index (χ3v) is 5.38. The second-order valence-corrected chi connectivity index (χ2v) is 7.13. The van der Waals surface area contributed by atoms with Gasteiger partial charge in [0.2, 0.25) is 5.13 Å². The van der Waals surface area contributed by atoms with E-state index in [1.165, 1.54) is 17.8 Å². The first kappa shape index (κ1) is 16.0. The summed E-state index contributed by atoms with van der Waals surface area (Å²) in [5.41, 5.74) is 2.33. The molecule has 1 aromatic heterocycles. The molecule has 0 aliphatic carbocycles. The second-order valence-electron chi connectivity index (χ2n) is 6.09. The van der Waals surface area contributed by atoms with Crippen molar-refractivity contribution in [2.24, 2.45) is 0 Å². The van der Waals surface area contributed by atoms with Gasteiger partial charge in [-0.05, 0) is 29.8 Å². The highest BCUT2D eigenvalue weighted by atomic mass is 32.1. The molecular formula is C19H19FN4S. The molecule has 25 heavy (non-hydrogen) atoms. The Morgan fingerprint density at radius 1 is 0.840 bits per heavy atom. The number of hydrogen-bond acceptors (Lipinski definition) is 5. The van der Waals surface area contributed by atoms with Crippen molar-refractivity contribution >= 4 is 22.2 Å². The third kappa shape index (κ3) is 3.79. The highest BCUT2D eigenvalue weighted by Gasteiger charge is 2.20. The van der Waals surface area contributed by atoms with Gasteiger partial charge < -0.3 is 9.80 Å². The summed E-state index contributed by atoms with van der Waals surface area (Å²) >= 11 is 1.63. The van der Waals surface area contributed by atoms with Gasteiger partial charge in [0, 0.05) is 38.3 Å². The van der Waals surface area contributed by atoms with Gasteiger partial charge in [-0.15, -0.1) is 10.2 Å². The predicted molar refractivity (Wildman–Crippen MR) is 100.0 cm³/mol. The molecule has 0 saturated carbocycles. The normalized spacial score (nSPS) is 14.8.